The zero-order valence-corrected chi connectivity index (χ0v) is 14.1. The summed E-state index contributed by atoms with van der Waals surface area (Å²) in [5, 5.41) is 1.24. The minimum Gasteiger partial charge on any atom is -0.477 e. The van der Waals surface area contributed by atoms with Gasteiger partial charge in [0, 0.05) is 54.4 Å². The lowest BCUT2D eigenvalue weighted by Gasteiger charge is -2.29. The molecule has 130 valence electrons. The van der Waals surface area contributed by atoms with Crippen LogP contribution >= 0.6 is 0 Å². The van der Waals surface area contributed by atoms with Crippen molar-refractivity contribution in [1.82, 2.24) is 9.97 Å². The van der Waals surface area contributed by atoms with Gasteiger partial charge in [0.15, 0.2) is 0 Å². The summed E-state index contributed by atoms with van der Waals surface area (Å²) in [7, 11) is 0. The highest BCUT2D eigenvalue weighted by molar-refractivity contribution is 5.83. The molecule has 6 nitrogen and oxygen atoms in total. The number of hydrogen-bond donors (Lipinski definition) is 2. The Balaban J connectivity index is 1.43. The average Bonchev–Trinajstić information content (AvgIpc) is 3.05. The summed E-state index contributed by atoms with van der Waals surface area (Å²) < 4.78 is 11.3. The van der Waals surface area contributed by atoms with Crippen molar-refractivity contribution < 1.29 is 9.47 Å². The van der Waals surface area contributed by atoms with Crippen LogP contribution < -0.4 is 15.4 Å². The summed E-state index contributed by atoms with van der Waals surface area (Å²) in [5.74, 6) is 1.05. The Labute approximate surface area is 146 Å². The molecule has 1 saturated heterocycles. The number of nitrogen functional groups attached to an aromatic ring is 1. The molecule has 4 rings (SSSR count). The maximum Gasteiger partial charge on any atom is 0.217 e. The fourth-order valence-electron chi connectivity index (χ4n) is 3.19. The van der Waals surface area contributed by atoms with Crippen LogP contribution in [-0.2, 0) is 11.2 Å². The van der Waals surface area contributed by atoms with E-state index in [1.165, 1.54) is 10.9 Å². The van der Waals surface area contributed by atoms with Crippen LogP contribution in [-0.4, -0.2) is 42.9 Å². The molecule has 1 aliphatic heterocycles. The second-order valence-corrected chi connectivity index (χ2v) is 6.15. The number of ether oxygens (including phenoxy) is 2. The number of rotatable bonds is 5. The molecule has 0 aliphatic carbocycles. The van der Waals surface area contributed by atoms with Gasteiger partial charge in [-0.15, -0.1) is 0 Å². The van der Waals surface area contributed by atoms with Crippen molar-refractivity contribution >= 4 is 22.4 Å². The second-order valence-electron chi connectivity index (χ2n) is 6.15. The van der Waals surface area contributed by atoms with E-state index < -0.39 is 0 Å². The number of para-hydroxylation sites is 1. The summed E-state index contributed by atoms with van der Waals surface area (Å²) in [6.45, 7) is 3.75. The van der Waals surface area contributed by atoms with Crippen LogP contribution in [0.15, 0.2) is 42.6 Å². The van der Waals surface area contributed by atoms with Crippen LogP contribution in [0, 0.1) is 0 Å². The van der Waals surface area contributed by atoms with Crippen molar-refractivity contribution in [2.24, 2.45) is 0 Å². The number of benzene rings is 1. The van der Waals surface area contributed by atoms with Gasteiger partial charge in [0.2, 0.25) is 5.88 Å². The molecule has 3 N–H and O–H groups in total. The Hall–Kier alpha value is -2.73. The van der Waals surface area contributed by atoms with Crippen molar-refractivity contribution in [1.29, 1.82) is 0 Å². The molecule has 6 heteroatoms. The van der Waals surface area contributed by atoms with Crippen molar-refractivity contribution in [3.8, 4) is 5.88 Å². The van der Waals surface area contributed by atoms with Gasteiger partial charge in [-0.2, -0.15) is 4.98 Å². The first kappa shape index (κ1) is 15.8. The highest BCUT2D eigenvalue weighted by Gasteiger charge is 2.13. The third-order valence-electron chi connectivity index (χ3n) is 4.48. The average molecular weight is 338 g/mol. The normalized spacial score (nSPS) is 14.8. The molecule has 1 aromatic carbocycles. The van der Waals surface area contributed by atoms with Gasteiger partial charge >= 0.3 is 0 Å². The van der Waals surface area contributed by atoms with Crippen molar-refractivity contribution in [3.63, 3.8) is 0 Å². The predicted molar refractivity (Wildman–Crippen MR) is 99.2 cm³/mol. The molecule has 25 heavy (non-hydrogen) atoms. The topological polar surface area (TPSA) is 76.4 Å². The number of nitrogens with zero attached hydrogens (tertiary/aromatic N) is 2. The first-order chi connectivity index (χ1) is 12.3. The largest absolute Gasteiger partial charge is 0.477 e. The van der Waals surface area contributed by atoms with Crippen LogP contribution in [0.3, 0.4) is 0 Å². The molecule has 0 spiro atoms. The van der Waals surface area contributed by atoms with Gasteiger partial charge in [0.05, 0.1) is 19.8 Å². The van der Waals surface area contributed by atoms with Crippen LogP contribution in [0.4, 0.5) is 11.5 Å². The molecule has 0 atom stereocenters. The molecule has 0 amide bonds. The van der Waals surface area contributed by atoms with Crippen LogP contribution in [0.1, 0.15) is 5.56 Å². The molecule has 0 saturated carbocycles. The standard InChI is InChI=1S/C19H22N4O2/c20-18-11-15(23-6-9-24-10-7-23)12-19(22-18)25-8-5-14-13-21-17-4-2-1-3-16(14)17/h1-4,11-13,21H,5-10H2,(H2,20,22). The minimum absolute atomic E-state index is 0.478. The van der Waals surface area contributed by atoms with E-state index in [0.717, 1.165) is 43.9 Å². The third kappa shape index (κ3) is 3.53. The lowest BCUT2D eigenvalue weighted by molar-refractivity contribution is 0.122. The maximum atomic E-state index is 5.95. The quantitative estimate of drug-likeness (QED) is 0.748. The van der Waals surface area contributed by atoms with Gasteiger partial charge < -0.3 is 25.1 Å². The van der Waals surface area contributed by atoms with E-state index in [1.807, 2.05) is 24.4 Å². The number of pyridine rings is 1. The molecule has 0 bridgehead atoms. The zero-order chi connectivity index (χ0) is 17.1. The number of fused-ring (bicyclic) bond motifs is 1. The summed E-state index contributed by atoms with van der Waals surface area (Å²) in [6, 6.07) is 12.1. The summed E-state index contributed by atoms with van der Waals surface area (Å²) >= 11 is 0. The van der Waals surface area contributed by atoms with E-state index in [0.29, 0.717) is 18.3 Å². The summed E-state index contributed by atoms with van der Waals surface area (Å²) in [5.41, 5.74) is 9.38. The molecule has 1 aliphatic rings. The Morgan fingerprint density at radius 2 is 2.04 bits per heavy atom. The number of nitrogens with one attached hydrogen (secondary N) is 1. The SMILES string of the molecule is Nc1cc(N2CCOCC2)cc(OCCc2c[nH]c3ccccc23)n1. The monoisotopic (exact) mass is 338 g/mol. The zero-order valence-electron chi connectivity index (χ0n) is 14.1. The van der Waals surface area contributed by atoms with E-state index in [4.69, 9.17) is 15.2 Å². The number of nitrogens with two attached hydrogens (primary N) is 1. The lowest BCUT2D eigenvalue weighted by Crippen LogP contribution is -2.36. The number of aromatic nitrogens is 2. The van der Waals surface area contributed by atoms with Crippen LogP contribution in [0.2, 0.25) is 0 Å². The molecule has 2 aromatic heterocycles. The number of morpholine rings is 1. The molecule has 3 heterocycles. The van der Waals surface area contributed by atoms with Crippen LogP contribution in [0.25, 0.3) is 10.9 Å². The van der Waals surface area contributed by atoms with E-state index >= 15 is 0 Å². The highest BCUT2D eigenvalue weighted by atomic mass is 16.5. The van der Waals surface area contributed by atoms with E-state index in [-0.39, 0.29) is 0 Å². The second kappa shape index (κ2) is 7.03. The summed E-state index contributed by atoms with van der Waals surface area (Å²) in [4.78, 5) is 9.83. The molecule has 1 fully saturated rings. The summed E-state index contributed by atoms with van der Waals surface area (Å²) in [6.07, 6.45) is 2.85. The van der Waals surface area contributed by atoms with Gasteiger partial charge in [-0.05, 0) is 11.6 Å². The van der Waals surface area contributed by atoms with Gasteiger partial charge in [-0.1, -0.05) is 18.2 Å². The highest BCUT2D eigenvalue weighted by Crippen LogP contribution is 2.24. The number of H-pyrrole nitrogens is 1. The van der Waals surface area contributed by atoms with E-state index in [9.17, 15) is 0 Å². The van der Waals surface area contributed by atoms with Crippen molar-refractivity contribution in [3.05, 3.63) is 48.2 Å². The maximum absolute atomic E-state index is 5.95. The molecule has 3 aromatic rings. The van der Waals surface area contributed by atoms with Crippen molar-refractivity contribution in [2.45, 2.75) is 6.42 Å². The van der Waals surface area contributed by atoms with E-state index in [1.54, 1.807) is 0 Å². The Kier molecular flexibility index (Phi) is 4.43. The Morgan fingerprint density at radius 3 is 2.92 bits per heavy atom. The van der Waals surface area contributed by atoms with Crippen molar-refractivity contribution in [2.75, 3.05) is 43.5 Å². The van der Waals surface area contributed by atoms with Gasteiger partial charge in [0.25, 0.3) is 0 Å². The van der Waals surface area contributed by atoms with Gasteiger partial charge in [-0.25, -0.2) is 0 Å². The first-order valence-electron chi connectivity index (χ1n) is 8.58. The minimum atomic E-state index is 0.478. The predicted octanol–water partition coefficient (Wildman–Crippen LogP) is 2.60. The molecule has 0 radical (unpaired) electrons. The molecule has 0 unspecified atom stereocenters. The molecular weight excluding hydrogens is 316 g/mol. The van der Waals surface area contributed by atoms with Gasteiger partial charge in [0.1, 0.15) is 5.82 Å². The number of aromatic amines is 1. The smallest absolute Gasteiger partial charge is 0.217 e. The van der Waals surface area contributed by atoms with E-state index in [2.05, 4.69) is 33.1 Å². The fraction of sp³-hybridized carbons (Fsp3) is 0.316. The lowest BCUT2D eigenvalue weighted by atomic mass is 10.1. The fourth-order valence-corrected chi connectivity index (χ4v) is 3.19. The number of hydrogen-bond acceptors (Lipinski definition) is 5. The number of anilines is 2. The van der Waals surface area contributed by atoms with Gasteiger partial charge in [-0.3, -0.25) is 0 Å². The van der Waals surface area contributed by atoms with Crippen LogP contribution in [0.5, 0.6) is 5.88 Å². The first-order valence-corrected chi connectivity index (χ1v) is 8.58. The Bertz CT molecular complexity index is 856. The molecular formula is C19H22N4O2. The third-order valence-corrected chi connectivity index (χ3v) is 4.48. The Morgan fingerprint density at radius 1 is 1.20 bits per heavy atom.